The molecule has 1 aromatic carbocycles. The van der Waals surface area contributed by atoms with Crippen LogP contribution in [0.4, 0.5) is 0 Å². The highest BCUT2D eigenvalue weighted by Gasteiger charge is 2.10. The second-order valence-corrected chi connectivity index (χ2v) is 4.95. The summed E-state index contributed by atoms with van der Waals surface area (Å²) in [7, 11) is 1.75. The highest BCUT2D eigenvalue weighted by molar-refractivity contribution is 5.92. The van der Waals surface area contributed by atoms with E-state index >= 15 is 0 Å². The molecule has 2 rings (SSSR count). The molecule has 0 bridgehead atoms. The Morgan fingerprint density at radius 2 is 1.90 bits per heavy atom. The topological polar surface area (TPSA) is 71.3 Å². The van der Waals surface area contributed by atoms with Gasteiger partial charge in [0, 0.05) is 31.4 Å². The van der Waals surface area contributed by atoms with Gasteiger partial charge in [-0.25, -0.2) is 0 Å². The molecule has 1 aromatic heterocycles. The van der Waals surface area contributed by atoms with Gasteiger partial charge in [-0.05, 0) is 31.0 Å². The number of amides is 1. The van der Waals surface area contributed by atoms with Crippen molar-refractivity contribution in [3.8, 4) is 5.75 Å². The van der Waals surface area contributed by atoms with Crippen molar-refractivity contribution in [2.75, 3.05) is 6.54 Å². The Bertz CT molecular complexity index is 702. The van der Waals surface area contributed by atoms with Gasteiger partial charge in [0.2, 0.25) is 0 Å². The average Bonchev–Trinajstić information content (AvgIpc) is 2.44. The molecule has 1 amide bonds. The van der Waals surface area contributed by atoms with Gasteiger partial charge in [0.05, 0.1) is 0 Å². The SMILES string of the molecule is Cc1cc(=O)cc(C(=O)NCCc2ccc(O)cc2)n1C. The summed E-state index contributed by atoms with van der Waals surface area (Å²) in [6.07, 6.45) is 0.659. The second kappa shape index (κ2) is 6.26. The van der Waals surface area contributed by atoms with Crippen LogP contribution in [-0.4, -0.2) is 22.1 Å². The number of phenolic OH excluding ortho intramolecular Hbond substituents is 1. The molecule has 0 aliphatic heterocycles. The molecule has 21 heavy (non-hydrogen) atoms. The minimum atomic E-state index is -0.267. The van der Waals surface area contributed by atoms with Crippen LogP contribution in [0.15, 0.2) is 41.2 Å². The number of phenols is 1. The Kier molecular flexibility index (Phi) is 4.42. The van der Waals surface area contributed by atoms with E-state index in [4.69, 9.17) is 0 Å². The summed E-state index contributed by atoms with van der Waals surface area (Å²) in [5, 5.41) is 12.0. The second-order valence-electron chi connectivity index (χ2n) is 4.95. The van der Waals surface area contributed by atoms with Crippen molar-refractivity contribution in [1.29, 1.82) is 0 Å². The van der Waals surface area contributed by atoms with Crippen molar-refractivity contribution >= 4 is 5.91 Å². The lowest BCUT2D eigenvalue weighted by Gasteiger charge is -2.11. The Hall–Kier alpha value is -2.56. The number of carbonyl (C=O) groups excluding carboxylic acids is 1. The first-order valence-corrected chi connectivity index (χ1v) is 6.71. The molecular formula is C16H18N2O3. The van der Waals surface area contributed by atoms with Crippen LogP contribution in [0, 0.1) is 6.92 Å². The minimum Gasteiger partial charge on any atom is -0.508 e. The molecule has 1 heterocycles. The molecule has 5 heteroatoms. The summed E-state index contributed by atoms with van der Waals surface area (Å²) in [6.45, 7) is 2.25. The quantitative estimate of drug-likeness (QED) is 0.891. The standard InChI is InChI=1S/C16H18N2O3/c1-11-9-14(20)10-15(18(11)2)16(21)17-8-7-12-3-5-13(19)6-4-12/h3-6,9-10,19H,7-8H2,1-2H3,(H,17,21). The summed E-state index contributed by atoms with van der Waals surface area (Å²) in [4.78, 5) is 23.6. The average molecular weight is 286 g/mol. The van der Waals surface area contributed by atoms with E-state index in [1.54, 1.807) is 30.7 Å². The molecule has 5 nitrogen and oxygen atoms in total. The van der Waals surface area contributed by atoms with Gasteiger partial charge in [-0.1, -0.05) is 12.1 Å². The van der Waals surface area contributed by atoms with E-state index < -0.39 is 0 Å². The van der Waals surface area contributed by atoms with Crippen molar-refractivity contribution < 1.29 is 9.90 Å². The fourth-order valence-electron chi connectivity index (χ4n) is 2.06. The number of carbonyl (C=O) groups is 1. The summed E-state index contributed by atoms with van der Waals surface area (Å²) in [5.74, 6) is -0.0466. The Balaban J connectivity index is 1.99. The summed E-state index contributed by atoms with van der Waals surface area (Å²) >= 11 is 0. The number of benzene rings is 1. The lowest BCUT2D eigenvalue weighted by Crippen LogP contribution is -2.30. The highest BCUT2D eigenvalue weighted by Crippen LogP contribution is 2.09. The van der Waals surface area contributed by atoms with Crippen LogP contribution in [0.5, 0.6) is 5.75 Å². The van der Waals surface area contributed by atoms with Crippen molar-refractivity contribution in [3.63, 3.8) is 0 Å². The normalized spacial score (nSPS) is 10.4. The first-order chi connectivity index (χ1) is 9.97. The zero-order valence-electron chi connectivity index (χ0n) is 12.1. The van der Waals surface area contributed by atoms with Crippen LogP contribution >= 0.6 is 0 Å². The van der Waals surface area contributed by atoms with Gasteiger partial charge in [-0.15, -0.1) is 0 Å². The van der Waals surface area contributed by atoms with E-state index in [1.807, 2.05) is 12.1 Å². The van der Waals surface area contributed by atoms with Gasteiger partial charge < -0.3 is 15.0 Å². The van der Waals surface area contributed by atoms with Gasteiger partial charge in [0.25, 0.3) is 5.91 Å². The number of nitrogens with zero attached hydrogens (tertiary/aromatic N) is 1. The lowest BCUT2D eigenvalue weighted by molar-refractivity contribution is 0.0944. The van der Waals surface area contributed by atoms with E-state index in [2.05, 4.69) is 5.32 Å². The molecule has 0 atom stereocenters. The van der Waals surface area contributed by atoms with E-state index in [0.29, 0.717) is 18.7 Å². The molecule has 0 radical (unpaired) electrons. The number of hydrogen-bond donors (Lipinski definition) is 2. The Morgan fingerprint density at radius 3 is 2.57 bits per heavy atom. The number of pyridine rings is 1. The maximum absolute atomic E-state index is 12.1. The van der Waals surface area contributed by atoms with Gasteiger partial charge in [-0.3, -0.25) is 9.59 Å². The zero-order valence-corrected chi connectivity index (χ0v) is 12.1. The predicted molar refractivity (Wildman–Crippen MR) is 80.6 cm³/mol. The molecule has 2 N–H and O–H groups in total. The first kappa shape index (κ1) is 14.8. The number of aromatic nitrogens is 1. The zero-order chi connectivity index (χ0) is 15.4. The van der Waals surface area contributed by atoms with E-state index in [-0.39, 0.29) is 17.1 Å². The van der Waals surface area contributed by atoms with Crippen LogP contribution in [0.3, 0.4) is 0 Å². The molecule has 0 saturated carbocycles. The molecule has 110 valence electrons. The van der Waals surface area contributed by atoms with Crippen molar-refractivity contribution in [2.45, 2.75) is 13.3 Å². The fourth-order valence-corrected chi connectivity index (χ4v) is 2.06. The molecule has 0 unspecified atom stereocenters. The van der Waals surface area contributed by atoms with E-state index in [1.165, 1.54) is 12.1 Å². The van der Waals surface area contributed by atoms with E-state index in [0.717, 1.165) is 11.3 Å². The molecular weight excluding hydrogens is 268 g/mol. The molecule has 0 spiro atoms. The maximum Gasteiger partial charge on any atom is 0.268 e. The summed E-state index contributed by atoms with van der Waals surface area (Å²) in [5.41, 5.74) is 1.94. The highest BCUT2D eigenvalue weighted by atomic mass is 16.3. The molecule has 0 aliphatic rings. The number of aromatic hydroxyl groups is 1. The third-order valence-corrected chi connectivity index (χ3v) is 3.39. The van der Waals surface area contributed by atoms with Crippen LogP contribution in [0.25, 0.3) is 0 Å². The summed E-state index contributed by atoms with van der Waals surface area (Å²) in [6, 6.07) is 9.67. The third kappa shape index (κ3) is 3.72. The first-order valence-electron chi connectivity index (χ1n) is 6.71. The van der Waals surface area contributed by atoms with Gasteiger partial charge >= 0.3 is 0 Å². The lowest BCUT2D eigenvalue weighted by atomic mass is 10.1. The predicted octanol–water partition coefficient (Wildman–Crippen LogP) is 1.37. The molecule has 0 fully saturated rings. The number of rotatable bonds is 4. The number of nitrogens with one attached hydrogen (secondary N) is 1. The Morgan fingerprint density at radius 1 is 1.24 bits per heavy atom. The van der Waals surface area contributed by atoms with Crippen molar-refractivity contribution in [1.82, 2.24) is 9.88 Å². The van der Waals surface area contributed by atoms with Crippen molar-refractivity contribution in [3.05, 3.63) is 63.6 Å². The fraction of sp³-hybridized carbons (Fsp3) is 0.250. The largest absolute Gasteiger partial charge is 0.508 e. The van der Waals surface area contributed by atoms with Gasteiger partial charge in [0.1, 0.15) is 11.4 Å². The van der Waals surface area contributed by atoms with Crippen LogP contribution in [0.2, 0.25) is 0 Å². The van der Waals surface area contributed by atoms with Gasteiger partial charge in [0.15, 0.2) is 5.43 Å². The van der Waals surface area contributed by atoms with Crippen LogP contribution in [-0.2, 0) is 13.5 Å². The van der Waals surface area contributed by atoms with Crippen LogP contribution < -0.4 is 10.7 Å². The van der Waals surface area contributed by atoms with Crippen molar-refractivity contribution in [2.24, 2.45) is 7.05 Å². The molecule has 0 saturated heterocycles. The minimum absolute atomic E-state index is 0.172. The van der Waals surface area contributed by atoms with Gasteiger partial charge in [-0.2, -0.15) is 0 Å². The summed E-state index contributed by atoms with van der Waals surface area (Å²) < 4.78 is 1.69. The third-order valence-electron chi connectivity index (χ3n) is 3.39. The monoisotopic (exact) mass is 286 g/mol. The molecule has 0 aliphatic carbocycles. The Labute approximate surface area is 122 Å². The van der Waals surface area contributed by atoms with E-state index in [9.17, 15) is 14.7 Å². The molecule has 2 aromatic rings. The number of hydrogen-bond acceptors (Lipinski definition) is 3. The van der Waals surface area contributed by atoms with Crippen LogP contribution in [0.1, 0.15) is 21.7 Å². The number of aryl methyl sites for hydroxylation is 1. The maximum atomic E-state index is 12.1. The smallest absolute Gasteiger partial charge is 0.268 e.